The number of piperazine rings is 1. The Morgan fingerprint density at radius 2 is 1.51 bits per heavy atom. The Kier molecular flexibility index (Phi) is 8.79. The van der Waals surface area contributed by atoms with Crippen molar-refractivity contribution < 1.29 is 40.7 Å². The van der Waals surface area contributed by atoms with Gasteiger partial charge in [0.05, 0.1) is 12.2 Å². The second kappa shape index (κ2) is 12.1. The van der Waals surface area contributed by atoms with Gasteiger partial charge in [-0.15, -0.1) is 0 Å². The third-order valence-corrected chi connectivity index (χ3v) is 6.50. The molecule has 0 bridgehead atoms. The first-order valence-corrected chi connectivity index (χ1v) is 12.8. The SMILES string of the molecule is CCOc1cccc(-c2cc(C(=O)N3CCN(c4ccc(C(=O)NCC(F)(F)F)cc4)CC3)cc(C(F)(F)F)c2)c1. The number of carbonyl (C=O) groups excluding carboxylic acids is 2. The Morgan fingerprint density at radius 3 is 2.12 bits per heavy atom. The molecule has 1 saturated heterocycles. The minimum Gasteiger partial charge on any atom is -0.494 e. The first-order valence-electron chi connectivity index (χ1n) is 12.8. The van der Waals surface area contributed by atoms with Gasteiger partial charge in [0, 0.05) is 43.0 Å². The van der Waals surface area contributed by atoms with Gasteiger partial charge in [-0.25, -0.2) is 0 Å². The van der Waals surface area contributed by atoms with Gasteiger partial charge in [0.1, 0.15) is 12.3 Å². The summed E-state index contributed by atoms with van der Waals surface area (Å²) in [6.45, 7) is 1.96. The number of nitrogens with one attached hydrogen (secondary N) is 1. The Hall–Kier alpha value is -4.22. The van der Waals surface area contributed by atoms with Crippen molar-refractivity contribution in [3.8, 4) is 16.9 Å². The standard InChI is InChI=1S/C29H27F6N3O3/c1-2-41-25-5-3-4-20(17-25)21-14-22(16-23(15-21)29(33,34)35)27(40)38-12-10-37(11-13-38)24-8-6-19(7-9-24)26(39)36-18-28(30,31)32/h3-9,14-17H,2,10-13,18H2,1H3,(H,36,39). The number of alkyl halides is 6. The summed E-state index contributed by atoms with van der Waals surface area (Å²) in [5.74, 6) is -0.884. The van der Waals surface area contributed by atoms with Gasteiger partial charge in [-0.1, -0.05) is 12.1 Å². The summed E-state index contributed by atoms with van der Waals surface area (Å²) < 4.78 is 83.7. The number of hydrogen-bond donors (Lipinski definition) is 1. The Labute approximate surface area is 232 Å². The molecule has 0 saturated carbocycles. The fourth-order valence-electron chi connectivity index (χ4n) is 4.47. The van der Waals surface area contributed by atoms with Crippen LogP contribution < -0.4 is 15.0 Å². The second-order valence-electron chi connectivity index (χ2n) is 9.38. The number of ether oxygens (including phenoxy) is 1. The normalized spacial score (nSPS) is 14.1. The molecule has 1 aliphatic heterocycles. The molecule has 0 atom stereocenters. The zero-order valence-electron chi connectivity index (χ0n) is 22.0. The van der Waals surface area contributed by atoms with E-state index in [0.29, 0.717) is 36.7 Å². The number of rotatable bonds is 7. The smallest absolute Gasteiger partial charge is 0.416 e. The van der Waals surface area contributed by atoms with E-state index >= 15 is 0 Å². The Balaban J connectivity index is 1.46. The molecule has 12 heteroatoms. The lowest BCUT2D eigenvalue weighted by molar-refractivity contribution is -0.137. The average molecular weight is 580 g/mol. The van der Waals surface area contributed by atoms with Crippen LogP contribution in [0.15, 0.2) is 66.7 Å². The highest BCUT2D eigenvalue weighted by Crippen LogP contribution is 2.35. The fourth-order valence-corrected chi connectivity index (χ4v) is 4.47. The van der Waals surface area contributed by atoms with Gasteiger partial charge in [-0.3, -0.25) is 9.59 Å². The van der Waals surface area contributed by atoms with Crippen molar-refractivity contribution in [2.75, 3.05) is 44.2 Å². The molecule has 1 N–H and O–H groups in total. The molecule has 3 aromatic rings. The lowest BCUT2D eigenvalue weighted by Crippen LogP contribution is -2.48. The van der Waals surface area contributed by atoms with Crippen molar-refractivity contribution in [3.63, 3.8) is 0 Å². The Morgan fingerprint density at radius 1 is 0.829 bits per heavy atom. The van der Waals surface area contributed by atoms with E-state index < -0.39 is 36.3 Å². The highest BCUT2D eigenvalue weighted by molar-refractivity contribution is 5.96. The number of halogens is 6. The highest BCUT2D eigenvalue weighted by Gasteiger charge is 2.33. The second-order valence-corrected chi connectivity index (χ2v) is 9.38. The fraction of sp³-hybridized carbons (Fsp3) is 0.310. The predicted molar refractivity (Wildman–Crippen MR) is 141 cm³/mol. The Bertz CT molecular complexity index is 1380. The molecule has 41 heavy (non-hydrogen) atoms. The van der Waals surface area contributed by atoms with Crippen LogP contribution in [0.5, 0.6) is 5.75 Å². The van der Waals surface area contributed by atoms with Crippen molar-refractivity contribution in [1.29, 1.82) is 0 Å². The summed E-state index contributed by atoms with van der Waals surface area (Å²) in [7, 11) is 0. The molecular formula is C29H27F6N3O3. The van der Waals surface area contributed by atoms with Crippen molar-refractivity contribution in [2.45, 2.75) is 19.3 Å². The summed E-state index contributed by atoms with van der Waals surface area (Å²) in [5.41, 5.74) is 0.468. The molecule has 6 nitrogen and oxygen atoms in total. The molecule has 3 aromatic carbocycles. The molecule has 1 fully saturated rings. The summed E-state index contributed by atoms with van der Waals surface area (Å²) in [6, 6.07) is 15.9. The topological polar surface area (TPSA) is 61.9 Å². The van der Waals surface area contributed by atoms with Crippen LogP contribution in [0.4, 0.5) is 32.0 Å². The molecule has 2 amide bonds. The van der Waals surface area contributed by atoms with Crippen LogP contribution in [0.25, 0.3) is 11.1 Å². The maximum atomic E-state index is 13.8. The minimum absolute atomic E-state index is 0.0685. The summed E-state index contributed by atoms with van der Waals surface area (Å²) >= 11 is 0. The van der Waals surface area contributed by atoms with Gasteiger partial charge in [0.25, 0.3) is 11.8 Å². The van der Waals surface area contributed by atoms with Gasteiger partial charge in [-0.05, 0) is 72.6 Å². The van der Waals surface area contributed by atoms with Gasteiger partial charge in [0.15, 0.2) is 0 Å². The van der Waals surface area contributed by atoms with E-state index in [0.717, 1.165) is 12.1 Å². The highest BCUT2D eigenvalue weighted by atomic mass is 19.4. The number of amides is 2. The van der Waals surface area contributed by atoms with Crippen LogP contribution in [0.1, 0.15) is 33.2 Å². The molecule has 0 aliphatic carbocycles. The molecule has 4 rings (SSSR count). The van der Waals surface area contributed by atoms with Gasteiger partial charge < -0.3 is 19.9 Å². The van der Waals surface area contributed by atoms with Gasteiger partial charge >= 0.3 is 12.4 Å². The average Bonchev–Trinajstić information content (AvgIpc) is 2.95. The van der Waals surface area contributed by atoms with Crippen molar-refractivity contribution in [2.24, 2.45) is 0 Å². The quantitative estimate of drug-likeness (QED) is 0.348. The van der Waals surface area contributed by atoms with E-state index in [1.165, 1.54) is 23.1 Å². The summed E-state index contributed by atoms with van der Waals surface area (Å²) in [5, 5.41) is 1.81. The van der Waals surface area contributed by atoms with Gasteiger partial charge in [0.2, 0.25) is 0 Å². The number of anilines is 1. The predicted octanol–water partition coefficient (Wildman–Crippen LogP) is 6.03. The maximum Gasteiger partial charge on any atom is 0.416 e. The first-order chi connectivity index (χ1) is 19.3. The van der Waals surface area contributed by atoms with Crippen LogP contribution in [0, 0.1) is 0 Å². The van der Waals surface area contributed by atoms with Crippen LogP contribution >= 0.6 is 0 Å². The largest absolute Gasteiger partial charge is 0.494 e. The van der Waals surface area contributed by atoms with Gasteiger partial charge in [-0.2, -0.15) is 26.3 Å². The molecule has 218 valence electrons. The van der Waals surface area contributed by atoms with E-state index in [-0.39, 0.29) is 29.8 Å². The van der Waals surface area contributed by atoms with Crippen molar-refractivity contribution in [3.05, 3.63) is 83.4 Å². The van der Waals surface area contributed by atoms with Crippen LogP contribution in [0.3, 0.4) is 0 Å². The van der Waals surface area contributed by atoms with Crippen LogP contribution in [0.2, 0.25) is 0 Å². The third kappa shape index (κ3) is 7.71. The number of carbonyl (C=O) groups is 2. The van der Waals surface area contributed by atoms with E-state index in [1.807, 2.05) is 10.2 Å². The lowest BCUT2D eigenvalue weighted by atomic mass is 9.98. The minimum atomic E-state index is -4.66. The number of benzene rings is 3. The number of nitrogens with zero attached hydrogens (tertiary/aromatic N) is 2. The first kappa shape index (κ1) is 29.8. The molecular weight excluding hydrogens is 552 g/mol. The summed E-state index contributed by atoms with van der Waals surface area (Å²) in [6.07, 6.45) is -9.17. The van der Waals surface area contributed by atoms with Crippen molar-refractivity contribution in [1.82, 2.24) is 10.2 Å². The maximum absolute atomic E-state index is 13.8. The van der Waals surface area contributed by atoms with Crippen LogP contribution in [-0.4, -0.2) is 62.2 Å². The number of hydrogen-bond acceptors (Lipinski definition) is 4. The zero-order valence-corrected chi connectivity index (χ0v) is 22.0. The van der Waals surface area contributed by atoms with E-state index in [1.54, 1.807) is 43.3 Å². The lowest BCUT2D eigenvalue weighted by Gasteiger charge is -2.36. The van der Waals surface area contributed by atoms with Crippen LogP contribution in [-0.2, 0) is 6.18 Å². The molecule has 0 radical (unpaired) electrons. The monoisotopic (exact) mass is 579 g/mol. The third-order valence-electron chi connectivity index (χ3n) is 6.50. The van der Waals surface area contributed by atoms with Crippen molar-refractivity contribution >= 4 is 17.5 Å². The molecule has 0 aromatic heterocycles. The van der Waals surface area contributed by atoms with E-state index in [2.05, 4.69) is 0 Å². The molecule has 1 heterocycles. The summed E-state index contributed by atoms with van der Waals surface area (Å²) in [4.78, 5) is 28.6. The van der Waals surface area contributed by atoms with E-state index in [9.17, 15) is 35.9 Å². The zero-order chi connectivity index (χ0) is 29.8. The molecule has 0 spiro atoms. The molecule has 1 aliphatic rings. The van der Waals surface area contributed by atoms with E-state index in [4.69, 9.17) is 4.74 Å². The molecule has 0 unspecified atom stereocenters.